The van der Waals surface area contributed by atoms with Crippen LogP contribution in [0.4, 0.5) is 0 Å². The molecule has 0 saturated heterocycles. The minimum atomic E-state index is -3.86. The topological polar surface area (TPSA) is 78.3 Å². The van der Waals surface area contributed by atoms with E-state index in [9.17, 15) is 13.2 Å². The number of methoxy groups -OCH3 is 1. The molecule has 2 heterocycles. The first kappa shape index (κ1) is 15.9. The van der Waals surface area contributed by atoms with E-state index < -0.39 is 16.0 Å². The second-order valence-electron chi connectivity index (χ2n) is 4.63. The summed E-state index contributed by atoms with van der Waals surface area (Å²) in [6, 6.07) is 11.1. The van der Waals surface area contributed by atoms with Crippen LogP contribution in [0.2, 0.25) is 0 Å². The summed E-state index contributed by atoms with van der Waals surface area (Å²) in [6.45, 7) is 0. The van der Waals surface area contributed by atoms with Crippen molar-refractivity contribution in [2.75, 3.05) is 7.11 Å². The molecule has 1 aromatic carbocycles. The summed E-state index contributed by atoms with van der Waals surface area (Å²) in [4.78, 5) is 16.3. The van der Waals surface area contributed by atoms with E-state index in [0.29, 0.717) is 9.22 Å². The number of rotatable bonds is 3. The van der Waals surface area contributed by atoms with Gasteiger partial charge in [-0.25, -0.2) is 17.2 Å². The molecule has 0 radical (unpaired) electrons. The van der Waals surface area contributed by atoms with Gasteiger partial charge >= 0.3 is 5.97 Å². The molecule has 0 bridgehead atoms. The van der Waals surface area contributed by atoms with Crippen molar-refractivity contribution in [3.8, 4) is 0 Å². The molecule has 3 rings (SSSR count). The molecule has 0 aliphatic carbocycles. The number of benzene rings is 1. The van der Waals surface area contributed by atoms with Crippen LogP contribution in [0, 0.1) is 3.70 Å². The number of nitrogens with zero attached hydrogens (tertiary/aromatic N) is 2. The summed E-state index contributed by atoms with van der Waals surface area (Å²) in [5.74, 6) is -0.614. The number of carbonyl (C=O) groups is 1. The van der Waals surface area contributed by atoms with E-state index in [1.165, 1.54) is 31.5 Å². The summed E-state index contributed by atoms with van der Waals surface area (Å²) >= 11 is 1.91. The van der Waals surface area contributed by atoms with Gasteiger partial charge in [0.05, 0.1) is 32.3 Å². The molecule has 0 unspecified atom stereocenters. The molecule has 2 aromatic heterocycles. The van der Waals surface area contributed by atoms with Gasteiger partial charge in [-0.2, -0.15) is 0 Å². The van der Waals surface area contributed by atoms with Gasteiger partial charge in [-0.15, -0.1) is 0 Å². The lowest BCUT2D eigenvalue weighted by molar-refractivity contribution is 0.0602. The Labute approximate surface area is 146 Å². The quantitative estimate of drug-likeness (QED) is 0.461. The van der Waals surface area contributed by atoms with Crippen LogP contribution in [0.1, 0.15) is 10.4 Å². The normalized spacial score (nSPS) is 11.6. The molecule has 0 spiro atoms. The molecule has 0 N–H and O–H groups in total. The molecular weight excluding hydrogens is 431 g/mol. The zero-order valence-electron chi connectivity index (χ0n) is 11.9. The maximum Gasteiger partial charge on any atom is 0.340 e. The van der Waals surface area contributed by atoms with E-state index in [1.54, 1.807) is 24.3 Å². The van der Waals surface area contributed by atoms with Crippen molar-refractivity contribution in [3.05, 3.63) is 57.9 Å². The number of carbonyl (C=O) groups excluding carboxylic acids is 1. The lowest BCUT2D eigenvalue weighted by Gasteiger charge is -2.11. The van der Waals surface area contributed by atoms with E-state index in [1.807, 2.05) is 22.6 Å². The third-order valence-corrected chi connectivity index (χ3v) is 6.14. The van der Waals surface area contributed by atoms with Crippen molar-refractivity contribution >= 4 is 49.6 Å². The molecule has 118 valence electrons. The van der Waals surface area contributed by atoms with E-state index in [2.05, 4.69) is 4.98 Å². The standard InChI is InChI=1S/C15H11IN2O4S/c1-22-15(19)11-7-8-17-12-9-13(16)18(14(11)12)23(20,21)10-5-3-2-4-6-10/h2-9H,1H3. The van der Waals surface area contributed by atoms with Gasteiger partial charge in [0.15, 0.2) is 0 Å². The predicted molar refractivity (Wildman–Crippen MR) is 92.8 cm³/mol. The van der Waals surface area contributed by atoms with E-state index >= 15 is 0 Å². The molecule has 0 aliphatic rings. The summed E-state index contributed by atoms with van der Waals surface area (Å²) in [7, 11) is -2.61. The van der Waals surface area contributed by atoms with Crippen LogP contribution in [-0.2, 0) is 14.8 Å². The number of aromatic nitrogens is 2. The SMILES string of the molecule is COC(=O)c1ccnc2cc(I)n(S(=O)(=O)c3ccccc3)c12. The Morgan fingerprint density at radius 1 is 1.22 bits per heavy atom. The van der Waals surface area contributed by atoms with Crippen LogP contribution in [0.5, 0.6) is 0 Å². The van der Waals surface area contributed by atoms with Gasteiger partial charge in [-0.3, -0.25) is 4.98 Å². The van der Waals surface area contributed by atoms with Crippen LogP contribution < -0.4 is 0 Å². The summed E-state index contributed by atoms with van der Waals surface area (Å²) in [5.41, 5.74) is 0.782. The highest BCUT2D eigenvalue weighted by molar-refractivity contribution is 14.1. The van der Waals surface area contributed by atoms with E-state index in [-0.39, 0.29) is 16.0 Å². The highest BCUT2D eigenvalue weighted by atomic mass is 127. The second-order valence-corrected chi connectivity index (χ2v) is 7.53. The molecule has 6 nitrogen and oxygen atoms in total. The highest BCUT2D eigenvalue weighted by Crippen LogP contribution is 2.28. The molecular formula is C15H11IN2O4S. The van der Waals surface area contributed by atoms with Crippen molar-refractivity contribution in [3.63, 3.8) is 0 Å². The van der Waals surface area contributed by atoms with Crippen molar-refractivity contribution in [2.45, 2.75) is 4.90 Å². The molecule has 0 fully saturated rings. The average molecular weight is 442 g/mol. The average Bonchev–Trinajstić information content (AvgIpc) is 2.91. The van der Waals surface area contributed by atoms with Gasteiger partial charge < -0.3 is 4.74 Å². The van der Waals surface area contributed by atoms with Gasteiger partial charge in [0.1, 0.15) is 0 Å². The first-order chi connectivity index (χ1) is 11.0. The first-order valence-electron chi connectivity index (χ1n) is 6.51. The maximum atomic E-state index is 13.0. The zero-order chi connectivity index (χ0) is 16.6. The van der Waals surface area contributed by atoms with Gasteiger partial charge in [0, 0.05) is 6.20 Å². The van der Waals surface area contributed by atoms with E-state index in [0.717, 1.165) is 3.97 Å². The van der Waals surface area contributed by atoms with Crippen molar-refractivity contribution in [1.82, 2.24) is 8.96 Å². The van der Waals surface area contributed by atoms with Gasteiger partial charge in [-0.1, -0.05) is 18.2 Å². The van der Waals surface area contributed by atoms with Crippen LogP contribution in [-0.4, -0.2) is 30.5 Å². The Bertz CT molecular complexity index is 997. The second kappa shape index (κ2) is 5.93. The Morgan fingerprint density at radius 2 is 1.91 bits per heavy atom. The number of pyridine rings is 1. The van der Waals surface area contributed by atoms with Crippen LogP contribution >= 0.6 is 22.6 Å². The Kier molecular flexibility index (Phi) is 4.11. The molecule has 23 heavy (non-hydrogen) atoms. The third kappa shape index (κ3) is 2.61. The van der Waals surface area contributed by atoms with Crippen molar-refractivity contribution < 1.29 is 17.9 Å². The van der Waals surface area contributed by atoms with Gasteiger partial charge in [0.25, 0.3) is 10.0 Å². The fourth-order valence-corrected chi connectivity index (χ4v) is 5.02. The molecule has 3 aromatic rings. The fourth-order valence-electron chi connectivity index (χ4n) is 2.28. The Balaban J connectivity index is 2.38. The van der Waals surface area contributed by atoms with Crippen LogP contribution in [0.25, 0.3) is 11.0 Å². The summed E-state index contributed by atoms with van der Waals surface area (Å²) in [6.07, 6.45) is 1.45. The van der Waals surface area contributed by atoms with Crippen LogP contribution in [0.15, 0.2) is 53.6 Å². The number of ether oxygens (including phenoxy) is 1. The Morgan fingerprint density at radius 3 is 2.57 bits per heavy atom. The Hall–Kier alpha value is -1.94. The smallest absolute Gasteiger partial charge is 0.340 e. The molecule has 0 saturated carbocycles. The maximum absolute atomic E-state index is 13.0. The largest absolute Gasteiger partial charge is 0.465 e. The van der Waals surface area contributed by atoms with Gasteiger partial charge in [-0.05, 0) is 46.9 Å². The minimum Gasteiger partial charge on any atom is -0.465 e. The number of hydrogen-bond acceptors (Lipinski definition) is 5. The lowest BCUT2D eigenvalue weighted by Crippen LogP contribution is -2.16. The minimum absolute atomic E-state index is 0.134. The zero-order valence-corrected chi connectivity index (χ0v) is 14.9. The predicted octanol–water partition coefficient (Wildman–Crippen LogP) is 2.66. The summed E-state index contributed by atoms with van der Waals surface area (Å²) in [5, 5.41) is 0. The monoisotopic (exact) mass is 442 g/mol. The number of halogens is 1. The number of fused-ring (bicyclic) bond motifs is 1. The highest BCUT2D eigenvalue weighted by Gasteiger charge is 2.26. The number of hydrogen-bond donors (Lipinski definition) is 0. The third-order valence-electron chi connectivity index (χ3n) is 3.29. The molecule has 0 atom stereocenters. The fraction of sp³-hybridized carbons (Fsp3) is 0.0667. The van der Waals surface area contributed by atoms with Crippen molar-refractivity contribution in [1.29, 1.82) is 0 Å². The summed E-state index contributed by atoms with van der Waals surface area (Å²) < 4.78 is 32.2. The first-order valence-corrected chi connectivity index (χ1v) is 9.03. The van der Waals surface area contributed by atoms with Crippen molar-refractivity contribution in [2.24, 2.45) is 0 Å². The van der Waals surface area contributed by atoms with E-state index in [4.69, 9.17) is 4.74 Å². The molecule has 8 heteroatoms. The van der Waals surface area contributed by atoms with Crippen LogP contribution in [0.3, 0.4) is 0 Å². The molecule has 0 amide bonds. The number of esters is 1. The van der Waals surface area contributed by atoms with Gasteiger partial charge in [0.2, 0.25) is 0 Å². The molecule has 0 aliphatic heterocycles. The lowest BCUT2D eigenvalue weighted by atomic mass is 10.2.